The molecular weight excluding hydrogens is 292 g/mol. The zero-order chi connectivity index (χ0) is 16.8. The summed E-state index contributed by atoms with van der Waals surface area (Å²) in [5, 5.41) is 13.0. The minimum Gasteiger partial charge on any atom is -0.491 e. The number of hydrogen-bond donors (Lipinski definition) is 2. The molecule has 0 aliphatic heterocycles. The van der Waals surface area contributed by atoms with Crippen LogP contribution in [0.5, 0.6) is 5.75 Å². The number of pyridine rings is 1. The Morgan fingerprint density at radius 3 is 2.78 bits per heavy atom. The molecule has 0 unspecified atom stereocenters. The number of ether oxygens (including phenoxy) is 1. The van der Waals surface area contributed by atoms with Crippen molar-refractivity contribution in [1.29, 1.82) is 0 Å². The van der Waals surface area contributed by atoms with Gasteiger partial charge in [0.05, 0.1) is 17.8 Å². The van der Waals surface area contributed by atoms with Gasteiger partial charge < -0.3 is 15.2 Å². The molecule has 0 aliphatic carbocycles. The average Bonchev–Trinajstić information content (AvgIpc) is 2.52. The first-order valence-corrected chi connectivity index (χ1v) is 7.62. The van der Waals surface area contributed by atoms with Crippen LogP contribution in [0.3, 0.4) is 0 Å². The maximum atomic E-state index is 12.1. The van der Waals surface area contributed by atoms with E-state index in [2.05, 4.69) is 10.3 Å². The van der Waals surface area contributed by atoms with E-state index in [-0.39, 0.29) is 18.6 Å². The molecule has 2 rings (SSSR count). The smallest absolute Gasteiger partial charge is 0.253 e. The van der Waals surface area contributed by atoms with Crippen molar-refractivity contribution < 1.29 is 14.6 Å². The summed E-state index contributed by atoms with van der Waals surface area (Å²) in [6.45, 7) is 5.79. The first-order valence-electron chi connectivity index (χ1n) is 7.62. The van der Waals surface area contributed by atoms with Crippen LogP contribution in [0.15, 0.2) is 42.6 Å². The van der Waals surface area contributed by atoms with Crippen molar-refractivity contribution in [3.63, 3.8) is 0 Å². The van der Waals surface area contributed by atoms with Crippen LogP contribution < -0.4 is 10.1 Å². The molecule has 1 heterocycles. The molecule has 5 heteroatoms. The van der Waals surface area contributed by atoms with Gasteiger partial charge in [0.2, 0.25) is 0 Å². The SMILES string of the molecule is Cc1ncccc1C(=O)NC[C@H](O)c1cccc(OC(C)C)c1. The van der Waals surface area contributed by atoms with E-state index in [0.717, 1.165) is 0 Å². The van der Waals surface area contributed by atoms with Crippen LogP contribution in [0.1, 0.15) is 41.6 Å². The van der Waals surface area contributed by atoms with Crippen molar-refractivity contribution >= 4 is 5.91 Å². The average molecular weight is 314 g/mol. The third-order valence-electron chi connectivity index (χ3n) is 3.32. The van der Waals surface area contributed by atoms with Crippen LogP contribution in [-0.4, -0.2) is 28.6 Å². The normalized spacial score (nSPS) is 12.0. The standard InChI is InChI=1S/C18H22N2O3/c1-12(2)23-15-7-4-6-14(10-15)17(21)11-20-18(22)16-8-5-9-19-13(16)3/h4-10,12,17,21H,11H2,1-3H3,(H,20,22)/t17-/m0/s1. The number of aliphatic hydroxyl groups excluding tert-OH is 1. The number of nitrogens with zero attached hydrogens (tertiary/aromatic N) is 1. The molecule has 0 radical (unpaired) electrons. The Hall–Kier alpha value is -2.40. The molecule has 0 saturated carbocycles. The second-order valence-corrected chi connectivity index (χ2v) is 5.60. The molecule has 5 nitrogen and oxygen atoms in total. The predicted octanol–water partition coefficient (Wildman–Crippen LogP) is 2.64. The number of carbonyl (C=O) groups excluding carboxylic acids is 1. The maximum Gasteiger partial charge on any atom is 0.253 e. The zero-order valence-electron chi connectivity index (χ0n) is 13.6. The number of aromatic nitrogens is 1. The van der Waals surface area contributed by atoms with E-state index in [1.165, 1.54) is 0 Å². The molecule has 0 aliphatic rings. The fourth-order valence-electron chi connectivity index (χ4n) is 2.19. The summed E-state index contributed by atoms with van der Waals surface area (Å²) in [7, 11) is 0. The summed E-state index contributed by atoms with van der Waals surface area (Å²) in [5.41, 5.74) is 1.87. The molecule has 0 spiro atoms. The van der Waals surface area contributed by atoms with Crippen molar-refractivity contribution in [2.45, 2.75) is 33.0 Å². The quantitative estimate of drug-likeness (QED) is 0.860. The molecule has 1 atom stereocenters. The van der Waals surface area contributed by atoms with E-state index < -0.39 is 6.10 Å². The highest BCUT2D eigenvalue weighted by molar-refractivity contribution is 5.95. The highest BCUT2D eigenvalue weighted by Gasteiger charge is 2.13. The minimum atomic E-state index is -0.799. The Balaban J connectivity index is 1.98. The van der Waals surface area contributed by atoms with Gasteiger partial charge in [-0.05, 0) is 50.6 Å². The molecule has 1 amide bonds. The number of hydrogen-bond acceptors (Lipinski definition) is 4. The number of carbonyl (C=O) groups is 1. The first kappa shape index (κ1) is 17.0. The first-order chi connectivity index (χ1) is 11.0. The van der Waals surface area contributed by atoms with E-state index >= 15 is 0 Å². The maximum absolute atomic E-state index is 12.1. The third-order valence-corrected chi connectivity index (χ3v) is 3.32. The number of nitrogens with one attached hydrogen (secondary N) is 1. The fraction of sp³-hybridized carbons (Fsp3) is 0.333. The molecular formula is C18H22N2O3. The second kappa shape index (κ2) is 7.74. The fourth-order valence-corrected chi connectivity index (χ4v) is 2.19. The second-order valence-electron chi connectivity index (χ2n) is 5.60. The lowest BCUT2D eigenvalue weighted by molar-refractivity contribution is 0.0915. The molecule has 0 bridgehead atoms. The summed E-state index contributed by atoms with van der Waals surface area (Å²) in [6.07, 6.45) is 0.906. The number of amides is 1. The topological polar surface area (TPSA) is 71.5 Å². The molecule has 23 heavy (non-hydrogen) atoms. The lowest BCUT2D eigenvalue weighted by Crippen LogP contribution is -2.29. The Morgan fingerprint density at radius 2 is 2.09 bits per heavy atom. The van der Waals surface area contributed by atoms with Crippen molar-refractivity contribution in [1.82, 2.24) is 10.3 Å². The summed E-state index contributed by atoms with van der Waals surface area (Å²) in [5.74, 6) is 0.454. The van der Waals surface area contributed by atoms with Gasteiger partial charge in [-0.15, -0.1) is 0 Å². The van der Waals surface area contributed by atoms with Crippen LogP contribution in [-0.2, 0) is 0 Å². The summed E-state index contributed by atoms with van der Waals surface area (Å²) in [6, 6.07) is 10.7. The van der Waals surface area contributed by atoms with E-state index in [9.17, 15) is 9.90 Å². The molecule has 2 N–H and O–H groups in total. The summed E-state index contributed by atoms with van der Waals surface area (Å²) < 4.78 is 5.61. The molecule has 0 fully saturated rings. The zero-order valence-corrected chi connectivity index (χ0v) is 13.6. The van der Waals surface area contributed by atoms with E-state index in [4.69, 9.17) is 4.74 Å². The third kappa shape index (κ3) is 4.79. The Labute approximate surface area is 136 Å². The van der Waals surface area contributed by atoms with Crippen LogP contribution >= 0.6 is 0 Å². The lowest BCUT2D eigenvalue weighted by Gasteiger charge is -2.15. The summed E-state index contributed by atoms with van der Waals surface area (Å²) >= 11 is 0. The van der Waals surface area contributed by atoms with E-state index in [0.29, 0.717) is 22.6 Å². The van der Waals surface area contributed by atoms with Crippen molar-refractivity contribution in [2.75, 3.05) is 6.54 Å². The van der Waals surface area contributed by atoms with Gasteiger partial charge in [0, 0.05) is 18.4 Å². The Kier molecular flexibility index (Phi) is 5.71. The van der Waals surface area contributed by atoms with Gasteiger partial charge in [-0.25, -0.2) is 0 Å². The van der Waals surface area contributed by atoms with Crippen LogP contribution in [0.25, 0.3) is 0 Å². The summed E-state index contributed by atoms with van der Waals surface area (Å²) in [4.78, 5) is 16.2. The van der Waals surface area contributed by atoms with Crippen molar-refractivity contribution in [3.8, 4) is 5.75 Å². The minimum absolute atomic E-state index is 0.0654. The van der Waals surface area contributed by atoms with E-state index in [1.807, 2.05) is 26.0 Å². The number of benzene rings is 1. The van der Waals surface area contributed by atoms with E-state index in [1.54, 1.807) is 37.4 Å². The van der Waals surface area contributed by atoms with Gasteiger partial charge >= 0.3 is 0 Å². The highest BCUT2D eigenvalue weighted by Crippen LogP contribution is 2.20. The molecule has 122 valence electrons. The predicted molar refractivity (Wildman–Crippen MR) is 88.5 cm³/mol. The van der Waals surface area contributed by atoms with Crippen molar-refractivity contribution in [2.24, 2.45) is 0 Å². The molecule has 1 aromatic heterocycles. The molecule has 0 saturated heterocycles. The highest BCUT2D eigenvalue weighted by atomic mass is 16.5. The Morgan fingerprint density at radius 1 is 1.30 bits per heavy atom. The van der Waals surface area contributed by atoms with Gasteiger partial charge in [-0.3, -0.25) is 9.78 Å². The van der Waals surface area contributed by atoms with Gasteiger partial charge in [0.15, 0.2) is 0 Å². The number of aliphatic hydroxyl groups is 1. The number of rotatable bonds is 6. The molecule has 1 aromatic carbocycles. The monoisotopic (exact) mass is 314 g/mol. The van der Waals surface area contributed by atoms with Crippen LogP contribution in [0, 0.1) is 6.92 Å². The van der Waals surface area contributed by atoms with Gasteiger partial charge in [-0.1, -0.05) is 12.1 Å². The van der Waals surface area contributed by atoms with Gasteiger partial charge in [0.25, 0.3) is 5.91 Å². The van der Waals surface area contributed by atoms with Crippen LogP contribution in [0.2, 0.25) is 0 Å². The lowest BCUT2D eigenvalue weighted by atomic mass is 10.1. The number of aryl methyl sites for hydroxylation is 1. The Bertz CT molecular complexity index is 671. The molecule has 2 aromatic rings. The van der Waals surface area contributed by atoms with Gasteiger partial charge in [-0.2, -0.15) is 0 Å². The van der Waals surface area contributed by atoms with Crippen LogP contribution in [0.4, 0.5) is 0 Å². The van der Waals surface area contributed by atoms with Crippen molar-refractivity contribution in [3.05, 3.63) is 59.4 Å². The van der Waals surface area contributed by atoms with Gasteiger partial charge in [0.1, 0.15) is 5.75 Å². The largest absolute Gasteiger partial charge is 0.491 e.